The van der Waals surface area contributed by atoms with E-state index in [-0.39, 0.29) is 6.10 Å². The van der Waals surface area contributed by atoms with Gasteiger partial charge in [-0.2, -0.15) is 0 Å². The number of hydrogen-bond acceptors (Lipinski definition) is 5. The van der Waals surface area contributed by atoms with Gasteiger partial charge in [-0.1, -0.05) is 12.1 Å². The van der Waals surface area contributed by atoms with Crippen LogP contribution < -0.4 is 4.74 Å². The Kier molecular flexibility index (Phi) is 6.21. The molecule has 1 aromatic carbocycles. The summed E-state index contributed by atoms with van der Waals surface area (Å²) in [6.07, 6.45) is 10.4. The molecule has 0 saturated heterocycles. The highest BCUT2D eigenvalue weighted by molar-refractivity contribution is 5.76. The molecule has 0 aromatic heterocycles. The lowest BCUT2D eigenvalue weighted by molar-refractivity contribution is -0.485. The molecule has 1 N–H and O–H groups in total. The van der Waals surface area contributed by atoms with Crippen LogP contribution in [0.25, 0.3) is 0 Å². The first-order valence-corrected chi connectivity index (χ1v) is 12.7. The molecule has 0 atom stereocenters. The molecule has 5 aliphatic rings. The predicted molar refractivity (Wildman–Crippen MR) is 123 cm³/mol. The number of ether oxygens (including phenoxy) is 2. The molecule has 6 heteroatoms. The highest BCUT2D eigenvalue weighted by atomic mass is 17.2. The van der Waals surface area contributed by atoms with E-state index in [0.717, 1.165) is 37.5 Å². The van der Waals surface area contributed by atoms with Crippen LogP contribution in [0.4, 0.5) is 0 Å². The summed E-state index contributed by atoms with van der Waals surface area (Å²) in [7, 11) is 1.80. The van der Waals surface area contributed by atoms with Crippen molar-refractivity contribution in [3.63, 3.8) is 0 Å². The standard InChI is InChI=1S/C27H38O6/c1-26(2,25(28)29)31-23-8-4-19(5-9-23)20-6-10-24(11-7-20)32-33-27(30-3)21-13-17-12-18(15-21)16-22(27)14-17/h4-5,8-9,17-18,20-22,24H,6-7,10-16H2,1-3H3,(H,28,29)/t17?,18?,20-,21?,22?,24+,27?. The third-order valence-corrected chi connectivity index (χ3v) is 8.82. The first-order chi connectivity index (χ1) is 15.8. The van der Waals surface area contributed by atoms with Gasteiger partial charge < -0.3 is 14.6 Å². The molecule has 5 saturated carbocycles. The van der Waals surface area contributed by atoms with Crippen molar-refractivity contribution in [1.29, 1.82) is 0 Å². The molecule has 182 valence electrons. The number of carboxylic acids is 1. The third-order valence-electron chi connectivity index (χ3n) is 8.82. The summed E-state index contributed by atoms with van der Waals surface area (Å²) < 4.78 is 11.7. The Morgan fingerprint density at radius 2 is 1.52 bits per heavy atom. The van der Waals surface area contributed by atoms with E-state index in [9.17, 15) is 9.90 Å². The number of aliphatic carboxylic acids is 1. The zero-order valence-corrected chi connectivity index (χ0v) is 20.1. The zero-order valence-electron chi connectivity index (χ0n) is 20.1. The summed E-state index contributed by atoms with van der Waals surface area (Å²) in [6.45, 7) is 3.12. The summed E-state index contributed by atoms with van der Waals surface area (Å²) in [5.41, 5.74) is 0.0255. The summed E-state index contributed by atoms with van der Waals surface area (Å²) in [6, 6.07) is 7.87. The van der Waals surface area contributed by atoms with Crippen LogP contribution in [0.5, 0.6) is 5.75 Å². The minimum atomic E-state index is -1.24. The molecular weight excluding hydrogens is 420 g/mol. The fourth-order valence-electron chi connectivity index (χ4n) is 7.13. The van der Waals surface area contributed by atoms with Crippen molar-refractivity contribution in [3.8, 4) is 5.75 Å². The largest absolute Gasteiger partial charge is 0.478 e. The molecule has 33 heavy (non-hydrogen) atoms. The first-order valence-electron chi connectivity index (χ1n) is 12.7. The fourth-order valence-corrected chi connectivity index (χ4v) is 7.13. The Balaban J connectivity index is 1.13. The van der Waals surface area contributed by atoms with Crippen molar-refractivity contribution in [2.45, 2.75) is 95.0 Å². The van der Waals surface area contributed by atoms with Crippen molar-refractivity contribution < 1.29 is 29.1 Å². The van der Waals surface area contributed by atoms with Crippen LogP contribution in [0.3, 0.4) is 0 Å². The fraction of sp³-hybridized carbons (Fsp3) is 0.741. The lowest BCUT2D eigenvalue weighted by Gasteiger charge is -2.58. The molecule has 6 nitrogen and oxygen atoms in total. The van der Waals surface area contributed by atoms with Gasteiger partial charge in [0, 0.05) is 18.9 Å². The molecule has 0 heterocycles. The van der Waals surface area contributed by atoms with Gasteiger partial charge in [-0.05, 0) is 107 Å². The number of carboxylic acid groups (broad SMARTS) is 1. The quantitative estimate of drug-likeness (QED) is 0.306. The average molecular weight is 459 g/mol. The summed E-state index contributed by atoms with van der Waals surface area (Å²) >= 11 is 0. The van der Waals surface area contributed by atoms with E-state index < -0.39 is 17.4 Å². The highest BCUT2D eigenvalue weighted by Crippen LogP contribution is 2.60. The highest BCUT2D eigenvalue weighted by Gasteiger charge is 2.60. The Bertz CT molecular complexity index is 811. The minimum absolute atomic E-state index is 0.115. The number of carbonyl (C=O) groups is 1. The predicted octanol–water partition coefficient (Wildman–Crippen LogP) is 5.70. The Morgan fingerprint density at radius 1 is 0.939 bits per heavy atom. The van der Waals surface area contributed by atoms with Crippen LogP contribution in [-0.2, 0) is 19.3 Å². The van der Waals surface area contributed by atoms with Crippen molar-refractivity contribution in [1.82, 2.24) is 0 Å². The first kappa shape index (κ1) is 23.1. The van der Waals surface area contributed by atoms with Gasteiger partial charge in [-0.15, -0.1) is 0 Å². The summed E-state index contributed by atoms with van der Waals surface area (Å²) in [5.74, 6) is 2.22. The van der Waals surface area contributed by atoms with Crippen LogP contribution in [0.2, 0.25) is 0 Å². The average Bonchev–Trinajstić information content (AvgIpc) is 2.79. The van der Waals surface area contributed by atoms with E-state index in [4.69, 9.17) is 19.2 Å². The second kappa shape index (κ2) is 8.86. The van der Waals surface area contributed by atoms with Crippen molar-refractivity contribution in [2.24, 2.45) is 23.7 Å². The van der Waals surface area contributed by atoms with Gasteiger partial charge in [0.25, 0.3) is 0 Å². The van der Waals surface area contributed by atoms with Crippen LogP contribution in [0.15, 0.2) is 24.3 Å². The van der Waals surface area contributed by atoms with Crippen LogP contribution in [0.1, 0.15) is 83.1 Å². The molecule has 0 unspecified atom stereocenters. The Hall–Kier alpha value is -1.63. The minimum Gasteiger partial charge on any atom is -0.478 e. The second-order valence-electron chi connectivity index (χ2n) is 11.4. The lowest BCUT2D eigenvalue weighted by atomic mass is 9.53. The Morgan fingerprint density at radius 3 is 2.03 bits per heavy atom. The number of hydrogen-bond donors (Lipinski definition) is 1. The van der Waals surface area contributed by atoms with E-state index in [2.05, 4.69) is 12.1 Å². The molecule has 6 rings (SSSR count). The lowest BCUT2D eigenvalue weighted by Crippen LogP contribution is -2.60. The van der Waals surface area contributed by atoms with Gasteiger partial charge in [0.05, 0.1) is 6.10 Å². The number of methoxy groups -OCH3 is 1. The molecule has 4 bridgehead atoms. The molecular formula is C27H38O6. The molecule has 5 aliphatic carbocycles. The van der Waals surface area contributed by atoms with Crippen molar-refractivity contribution in [3.05, 3.63) is 29.8 Å². The van der Waals surface area contributed by atoms with E-state index in [1.807, 2.05) is 12.1 Å². The van der Waals surface area contributed by atoms with Gasteiger partial charge in [0.1, 0.15) is 5.75 Å². The molecule has 1 aromatic rings. The van der Waals surface area contributed by atoms with E-state index in [0.29, 0.717) is 23.5 Å². The van der Waals surface area contributed by atoms with E-state index in [1.165, 1.54) is 37.7 Å². The normalized spacial score (nSPS) is 37.8. The monoisotopic (exact) mass is 458 g/mol. The smallest absolute Gasteiger partial charge is 0.347 e. The van der Waals surface area contributed by atoms with Crippen LogP contribution in [0, 0.1) is 23.7 Å². The molecule has 0 radical (unpaired) electrons. The topological polar surface area (TPSA) is 74.2 Å². The van der Waals surface area contributed by atoms with Gasteiger partial charge in [0.15, 0.2) is 5.60 Å². The maximum atomic E-state index is 11.3. The van der Waals surface area contributed by atoms with Gasteiger partial charge in [-0.25, -0.2) is 14.6 Å². The maximum absolute atomic E-state index is 11.3. The Labute approximate surface area is 196 Å². The van der Waals surface area contributed by atoms with Crippen molar-refractivity contribution >= 4 is 5.97 Å². The van der Waals surface area contributed by atoms with Gasteiger partial charge in [0.2, 0.25) is 5.79 Å². The van der Waals surface area contributed by atoms with E-state index in [1.54, 1.807) is 21.0 Å². The van der Waals surface area contributed by atoms with E-state index >= 15 is 0 Å². The summed E-state index contributed by atoms with van der Waals surface area (Å²) in [4.78, 5) is 23.6. The number of benzene rings is 1. The molecule has 0 aliphatic heterocycles. The summed E-state index contributed by atoms with van der Waals surface area (Å²) in [5, 5.41) is 9.25. The maximum Gasteiger partial charge on any atom is 0.347 e. The van der Waals surface area contributed by atoms with Crippen LogP contribution >= 0.6 is 0 Å². The van der Waals surface area contributed by atoms with Crippen LogP contribution in [-0.4, -0.2) is 35.7 Å². The second-order valence-corrected chi connectivity index (χ2v) is 11.4. The number of rotatable bonds is 8. The SMILES string of the molecule is COC1(OO[C@H]2CC[C@@H](c3ccc(OC(C)(C)C(=O)O)cc3)CC2)C2CC3CC(C2)CC1C3. The molecule has 0 amide bonds. The molecule has 0 spiro atoms. The third kappa shape index (κ3) is 4.42. The van der Waals surface area contributed by atoms with Crippen molar-refractivity contribution in [2.75, 3.05) is 7.11 Å². The van der Waals surface area contributed by atoms with Gasteiger partial charge >= 0.3 is 5.97 Å². The van der Waals surface area contributed by atoms with Gasteiger partial charge in [-0.3, -0.25) is 0 Å². The molecule has 5 fully saturated rings. The zero-order chi connectivity index (χ0) is 23.2.